The van der Waals surface area contributed by atoms with Crippen LogP contribution in [-0.2, 0) is 24.2 Å². The largest absolute Gasteiger partial charge is 0.489 e. The van der Waals surface area contributed by atoms with Crippen LogP contribution in [0.3, 0.4) is 0 Å². The maximum atomic E-state index is 12.8. The van der Waals surface area contributed by atoms with Crippen LogP contribution in [0.4, 0.5) is 5.69 Å². The molecule has 3 aromatic carbocycles. The molecule has 0 aromatic heterocycles. The second-order valence-corrected chi connectivity index (χ2v) is 8.01. The Morgan fingerprint density at radius 3 is 2.67 bits per heavy atom. The van der Waals surface area contributed by atoms with Crippen LogP contribution in [0.25, 0.3) is 0 Å². The van der Waals surface area contributed by atoms with Crippen molar-refractivity contribution in [2.24, 2.45) is 0 Å². The molecule has 0 spiro atoms. The number of nitrogens with zero attached hydrogens (tertiary/aromatic N) is 1. The lowest BCUT2D eigenvalue weighted by atomic mass is 10.1. The van der Waals surface area contributed by atoms with E-state index < -0.39 is 0 Å². The van der Waals surface area contributed by atoms with Crippen LogP contribution >= 0.6 is 11.6 Å². The Bertz CT molecular complexity index is 1170. The monoisotopic (exact) mass is 462 g/mol. The number of fused-ring (bicyclic) bond motifs is 1. The molecule has 1 aliphatic heterocycles. The van der Waals surface area contributed by atoms with Crippen LogP contribution in [0, 0.1) is 11.3 Å². The number of amides is 1. The van der Waals surface area contributed by atoms with Crippen LogP contribution < -0.4 is 19.5 Å². The van der Waals surface area contributed by atoms with E-state index in [0.29, 0.717) is 54.2 Å². The highest BCUT2D eigenvalue weighted by atomic mass is 35.5. The third-order valence-corrected chi connectivity index (χ3v) is 5.40. The fraction of sp³-hybridized carbons (Fsp3) is 0.231. The number of hydrogen-bond donors (Lipinski definition) is 1. The molecule has 1 aliphatic rings. The summed E-state index contributed by atoms with van der Waals surface area (Å²) >= 11 is 6.35. The Labute approximate surface area is 197 Å². The lowest BCUT2D eigenvalue weighted by molar-refractivity contribution is -0.115. The number of nitriles is 1. The Morgan fingerprint density at radius 1 is 1.06 bits per heavy atom. The van der Waals surface area contributed by atoms with E-state index in [1.54, 1.807) is 12.1 Å². The van der Waals surface area contributed by atoms with E-state index in [9.17, 15) is 4.79 Å². The first-order chi connectivity index (χ1) is 16.1. The molecule has 4 rings (SSSR count). The number of halogens is 1. The first-order valence-electron chi connectivity index (χ1n) is 10.7. The van der Waals surface area contributed by atoms with E-state index in [4.69, 9.17) is 31.1 Å². The molecular weight excluding hydrogens is 440 g/mol. The predicted molar refractivity (Wildman–Crippen MR) is 126 cm³/mol. The Kier molecular flexibility index (Phi) is 7.33. The maximum absolute atomic E-state index is 12.8. The molecule has 0 bridgehead atoms. The Balaban J connectivity index is 1.40. The SMILES string of the molecule is N#CCc1ccc(OCc2ccccc2NC(=O)Cc2cc(Cl)c3c(c2)OCCCO3)cc1. The standard InChI is InChI=1S/C26H23ClN2O4/c27-22-14-19(15-24-26(22)32-13-3-12-31-24)16-25(30)29-23-5-2-1-4-20(23)17-33-21-8-6-18(7-9-21)10-11-28/h1-2,4-9,14-15H,3,10,12-13,16-17H2,(H,29,30). The van der Waals surface area contributed by atoms with Crippen molar-refractivity contribution in [1.29, 1.82) is 5.26 Å². The van der Waals surface area contributed by atoms with Crippen molar-refractivity contribution >= 4 is 23.2 Å². The number of nitrogens with one attached hydrogen (secondary N) is 1. The van der Waals surface area contributed by atoms with Crippen molar-refractivity contribution in [3.8, 4) is 23.3 Å². The number of carbonyl (C=O) groups excluding carboxylic acids is 1. The number of benzene rings is 3. The van der Waals surface area contributed by atoms with Gasteiger partial charge in [-0.15, -0.1) is 0 Å². The van der Waals surface area contributed by atoms with Crippen molar-refractivity contribution in [2.75, 3.05) is 18.5 Å². The number of hydrogen-bond acceptors (Lipinski definition) is 5. The highest BCUT2D eigenvalue weighted by molar-refractivity contribution is 6.32. The van der Waals surface area contributed by atoms with Gasteiger partial charge in [0.1, 0.15) is 12.4 Å². The van der Waals surface area contributed by atoms with Gasteiger partial charge in [0.2, 0.25) is 5.91 Å². The van der Waals surface area contributed by atoms with E-state index in [2.05, 4.69) is 11.4 Å². The minimum absolute atomic E-state index is 0.145. The van der Waals surface area contributed by atoms with Crippen LogP contribution in [0.15, 0.2) is 60.7 Å². The summed E-state index contributed by atoms with van der Waals surface area (Å²) in [6.07, 6.45) is 1.29. The summed E-state index contributed by atoms with van der Waals surface area (Å²) in [4.78, 5) is 12.8. The zero-order valence-electron chi connectivity index (χ0n) is 18.0. The van der Waals surface area contributed by atoms with Crippen molar-refractivity contribution in [3.05, 3.63) is 82.4 Å². The van der Waals surface area contributed by atoms with Crippen molar-refractivity contribution in [3.63, 3.8) is 0 Å². The van der Waals surface area contributed by atoms with Crippen LogP contribution in [0.5, 0.6) is 17.2 Å². The average Bonchev–Trinajstić information content (AvgIpc) is 3.05. The van der Waals surface area contributed by atoms with Crippen LogP contribution in [0.1, 0.15) is 23.1 Å². The predicted octanol–water partition coefficient (Wildman–Crippen LogP) is 5.33. The van der Waals surface area contributed by atoms with E-state index in [0.717, 1.165) is 23.1 Å². The molecule has 7 heteroatoms. The van der Waals surface area contributed by atoms with Gasteiger partial charge in [-0.1, -0.05) is 41.9 Å². The molecule has 1 N–H and O–H groups in total. The molecule has 0 aliphatic carbocycles. The van der Waals surface area contributed by atoms with Crippen LogP contribution in [-0.4, -0.2) is 19.1 Å². The highest BCUT2D eigenvalue weighted by Crippen LogP contribution is 2.38. The van der Waals surface area contributed by atoms with E-state index >= 15 is 0 Å². The van der Waals surface area contributed by atoms with Gasteiger partial charge in [0, 0.05) is 17.7 Å². The topological polar surface area (TPSA) is 80.6 Å². The first kappa shape index (κ1) is 22.5. The third-order valence-electron chi connectivity index (χ3n) is 5.12. The minimum Gasteiger partial charge on any atom is -0.489 e. The molecular formula is C26H23ClN2O4. The first-order valence-corrected chi connectivity index (χ1v) is 11.0. The molecule has 33 heavy (non-hydrogen) atoms. The second kappa shape index (κ2) is 10.8. The lowest BCUT2D eigenvalue weighted by Gasteiger charge is -2.14. The summed E-state index contributed by atoms with van der Waals surface area (Å²) in [5.41, 5.74) is 3.22. The van der Waals surface area contributed by atoms with E-state index in [1.807, 2.05) is 48.5 Å². The van der Waals surface area contributed by atoms with E-state index in [1.165, 1.54) is 0 Å². The molecule has 6 nitrogen and oxygen atoms in total. The van der Waals surface area contributed by atoms with Crippen molar-refractivity contribution < 1.29 is 19.0 Å². The zero-order chi connectivity index (χ0) is 23.0. The Morgan fingerprint density at radius 2 is 1.85 bits per heavy atom. The number of ether oxygens (including phenoxy) is 3. The summed E-state index contributed by atoms with van der Waals surface area (Å²) in [5, 5.41) is 12.2. The molecule has 0 radical (unpaired) electrons. The summed E-state index contributed by atoms with van der Waals surface area (Å²) in [7, 11) is 0. The van der Waals surface area contributed by atoms with Gasteiger partial charge in [0.15, 0.2) is 11.5 Å². The van der Waals surface area contributed by atoms with Gasteiger partial charge in [-0.05, 0) is 41.5 Å². The Hall–Kier alpha value is -3.69. The van der Waals surface area contributed by atoms with Gasteiger partial charge < -0.3 is 19.5 Å². The van der Waals surface area contributed by atoms with Crippen molar-refractivity contribution in [2.45, 2.75) is 25.9 Å². The molecule has 1 heterocycles. The number of anilines is 1. The third kappa shape index (κ3) is 5.97. The number of rotatable bonds is 7. The second-order valence-electron chi connectivity index (χ2n) is 7.60. The summed E-state index contributed by atoms with van der Waals surface area (Å²) in [5.74, 6) is 1.62. The molecule has 3 aromatic rings. The smallest absolute Gasteiger partial charge is 0.228 e. The molecule has 168 valence electrons. The van der Waals surface area contributed by atoms with Gasteiger partial charge in [-0.3, -0.25) is 4.79 Å². The number of carbonyl (C=O) groups is 1. The zero-order valence-corrected chi connectivity index (χ0v) is 18.7. The van der Waals surface area contributed by atoms with Gasteiger partial charge >= 0.3 is 0 Å². The quantitative estimate of drug-likeness (QED) is 0.513. The highest BCUT2D eigenvalue weighted by Gasteiger charge is 2.17. The van der Waals surface area contributed by atoms with Gasteiger partial charge in [-0.2, -0.15) is 5.26 Å². The molecule has 0 fully saturated rings. The molecule has 1 amide bonds. The molecule has 0 saturated heterocycles. The summed E-state index contributed by atoms with van der Waals surface area (Å²) in [6.45, 7) is 1.40. The summed E-state index contributed by atoms with van der Waals surface area (Å²) in [6, 6.07) is 20.6. The minimum atomic E-state index is -0.172. The van der Waals surface area contributed by atoms with Crippen molar-refractivity contribution in [1.82, 2.24) is 0 Å². The fourth-order valence-electron chi connectivity index (χ4n) is 3.49. The van der Waals surface area contributed by atoms with Crippen LogP contribution in [0.2, 0.25) is 5.02 Å². The van der Waals surface area contributed by atoms with Gasteiger partial charge in [0.05, 0.1) is 37.1 Å². The fourth-order valence-corrected chi connectivity index (χ4v) is 3.78. The van der Waals surface area contributed by atoms with E-state index in [-0.39, 0.29) is 12.3 Å². The maximum Gasteiger partial charge on any atom is 0.228 e. The normalized spacial score (nSPS) is 12.4. The molecule has 0 atom stereocenters. The lowest BCUT2D eigenvalue weighted by Crippen LogP contribution is -2.16. The average molecular weight is 463 g/mol. The number of para-hydroxylation sites is 1. The van der Waals surface area contributed by atoms with Gasteiger partial charge in [0.25, 0.3) is 0 Å². The van der Waals surface area contributed by atoms with Gasteiger partial charge in [-0.25, -0.2) is 0 Å². The molecule has 0 saturated carbocycles. The molecule has 0 unspecified atom stereocenters. The summed E-state index contributed by atoms with van der Waals surface area (Å²) < 4.78 is 17.2.